The molecule has 0 bridgehead atoms. The lowest BCUT2D eigenvalue weighted by Crippen LogP contribution is -2.40. The number of benzene rings is 2. The number of fused-ring (bicyclic) bond motifs is 1. The molecule has 0 saturated carbocycles. The van der Waals surface area contributed by atoms with Gasteiger partial charge < -0.3 is 14.2 Å². The lowest BCUT2D eigenvalue weighted by atomic mass is 9.93. The number of aromatic nitrogens is 1. The highest BCUT2D eigenvalue weighted by atomic mass is 32.1. The average Bonchev–Trinajstić information content (AvgIpc) is 3.18. The monoisotopic (exact) mass is 520 g/mol. The second-order valence-corrected chi connectivity index (χ2v) is 10.0. The standard InChI is InChI=1S/C29H32N2O5S/c1-6-35-23-10-8-7-9-22(23)17-24-27(32)31-26(21-13-11-20(12-14-21)18(2)3)25(19(4)30-29(31)37-24)28(33)36-16-15-34-5/h7-14,17-18,26H,6,15-16H2,1-5H3. The van der Waals surface area contributed by atoms with Gasteiger partial charge >= 0.3 is 5.97 Å². The van der Waals surface area contributed by atoms with Crippen molar-refractivity contribution in [3.05, 3.63) is 96.2 Å². The van der Waals surface area contributed by atoms with Gasteiger partial charge in [0.2, 0.25) is 0 Å². The lowest BCUT2D eigenvalue weighted by Gasteiger charge is -2.25. The van der Waals surface area contributed by atoms with E-state index >= 15 is 0 Å². The molecule has 1 unspecified atom stereocenters. The second-order valence-electron chi connectivity index (χ2n) is 9.00. The zero-order valence-corrected chi connectivity index (χ0v) is 22.6. The number of rotatable bonds is 9. The molecule has 7 nitrogen and oxygen atoms in total. The highest BCUT2D eigenvalue weighted by Gasteiger charge is 2.33. The van der Waals surface area contributed by atoms with Crippen LogP contribution in [0, 0.1) is 0 Å². The summed E-state index contributed by atoms with van der Waals surface area (Å²) in [6.07, 6.45) is 1.82. The van der Waals surface area contributed by atoms with E-state index in [0.29, 0.717) is 38.9 Å². The minimum Gasteiger partial charge on any atom is -0.493 e. The Balaban J connectivity index is 1.88. The summed E-state index contributed by atoms with van der Waals surface area (Å²) in [5.74, 6) is 0.555. The first-order chi connectivity index (χ1) is 17.8. The molecular weight excluding hydrogens is 488 g/mol. The average molecular weight is 521 g/mol. The minimum absolute atomic E-state index is 0.115. The van der Waals surface area contributed by atoms with Crippen molar-refractivity contribution in [1.82, 2.24) is 4.57 Å². The molecule has 2 aromatic carbocycles. The van der Waals surface area contributed by atoms with Gasteiger partial charge in [-0.25, -0.2) is 9.79 Å². The Morgan fingerprint density at radius 1 is 1.14 bits per heavy atom. The highest BCUT2D eigenvalue weighted by Crippen LogP contribution is 2.31. The smallest absolute Gasteiger partial charge is 0.338 e. The summed E-state index contributed by atoms with van der Waals surface area (Å²) < 4.78 is 18.4. The van der Waals surface area contributed by atoms with Crippen LogP contribution in [-0.2, 0) is 14.3 Å². The fraction of sp³-hybridized carbons (Fsp3) is 0.345. The third-order valence-electron chi connectivity index (χ3n) is 6.19. The number of nitrogens with zero attached hydrogens (tertiary/aromatic N) is 2. The summed E-state index contributed by atoms with van der Waals surface area (Å²) >= 11 is 1.30. The van der Waals surface area contributed by atoms with Crippen molar-refractivity contribution in [1.29, 1.82) is 0 Å². The van der Waals surface area contributed by atoms with Gasteiger partial charge in [-0.15, -0.1) is 0 Å². The van der Waals surface area contributed by atoms with Gasteiger partial charge in [0.15, 0.2) is 4.80 Å². The first kappa shape index (κ1) is 26.6. The summed E-state index contributed by atoms with van der Waals surface area (Å²) in [5.41, 5.74) is 3.46. The van der Waals surface area contributed by atoms with Gasteiger partial charge in [-0.1, -0.05) is 67.6 Å². The summed E-state index contributed by atoms with van der Waals surface area (Å²) in [6, 6.07) is 15.0. The number of carbonyl (C=O) groups is 1. The molecule has 8 heteroatoms. The number of hydrogen-bond acceptors (Lipinski definition) is 7. The van der Waals surface area contributed by atoms with E-state index in [1.807, 2.05) is 61.5 Å². The summed E-state index contributed by atoms with van der Waals surface area (Å²) in [5, 5.41) is 0. The zero-order valence-electron chi connectivity index (χ0n) is 21.8. The molecule has 1 aliphatic rings. The van der Waals surface area contributed by atoms with Crippen molar-refractivity contribution in [3.8, 4) is 5.75 Å². The van der Waals surface area contributed by atoms with Crippen molar-refractivity contribution >= 4 is 23.4 Å². The Hall–Kier alpha value is -3.49. The Morgan fingerprint density at radius 3 is 2.54 bits per heavy atom. The zero-order chi connectivity index (χ0) is 26.5. The number of carbonyl (C=O) groups excluding carboxylic acids is 1. The van der Waals surface area contributed by atoms with E-state index in [1.165, 1.54) is 16.9 Å². The van der Waals surface area contributed by atoms with Gasteiger partial charge in [0, 0.05) is 12.7 Å². The van der Waals surface area contributed by atoms with Crippen LogP contribution in [0.2, 0.25) is 0 Å². The Labute approximate surface area is 220 Å². The fourth-order valence-electron chi connectivity index (χ4n) is 4.28. The van der Waals surface area contributed by atoms with Crippen molar-refractivity contribution in [2.75, 3.05) is 26.9 Å². The molecule has 0 spiro atoms. The number of hydrogen-bond donors (Lipinski definition) is 0. The van der Waals surface area contributed by atoms with E-state index in [4.69, 9.17) is 14.2 Å². The summed E-state index contributed by atoms with van der Waals surface area (Å²) in [4.78, 5) is 32.3. The van der Waals surface area contributed by atoms with Crippen LogP contribution in [0.1, 0.15) is 56.3 Å². The highest BCUT2D eigenvalue weighted by molar-refractivity contribution is 7.07. The van der Waals surface area contributed by atoms with Gasteiger partial charge in [0.1, 0.15) is 12.4 Å². The SMILES string of the molecule is CCOc1ccccc1C=c1sc2n(c1=O)C(c1ccc(C(C)C)cc1)C(C(=O)OCCOC)=C(C)N=2. The van der Waals surface area contributed by atoms with Gasteiger partial charge in [-0.2, -0.15) is 0 Å². The maximum Gasteiger partial charge on any atom is 0.338 e. The molecular formula is C29H32N2O5S. The van der Waals surface area contributed by atoms with Gasteiger partial charge in [0.25, 0.3) is 5.56 Å². The number of allylic oxidation sites excluding steroid dienone is 1. The normalized spacial score (nSPS) is 15.5. The van der Waals surface area contributed by atoms with E-state index in [9.17, 15) is 9.59 Å². The molecule has 0 fully saturated rings. The predicted molar refractivity (Wildman–Crippen MR) is 145 cm³/mol. The van der Waals surface area contributed by atoms with Crippen LogP contribution in [0.15, 0.2) is 69.6 Å². The van der Waals surface area contributed by atoms with Crippen molar-refractivity contribution in [3.63, 3.8) is 0 Å². The van der Waals surface area contributed by atoms with Crippen LogP contribution in [-0.4, -0.2) is 37.5 Å². The Morgan fingerprint density at radius 2 is 1.86 bits per heavy atom. The van der Waals surface area contributed by atoms with E-state index in [-0.39, 0.29) is 18.8 Å². The third kappa shape index (κ3) is 5.60. The molecule has 37 heavy (non-hydrogen) atoms. The van der Waals surface area contributed by atoms with Crippen molar-refractivity contribution in [2.24, 2.45) is 4.99 Å². The van der Waals surface area contributed by atoms with Crippen LogP contribution in [0.5, 0.6) is 5.75 Å². The summed E-state index contributed by atoms with van der Waals surface area (Å²) in [6.45, 7) is 8.87. The molecule has 3 aromatic rings. The molecule has 0 radical (unpaired) electrons. The van der Waals surface area contributed by atoms with E-state index < -0.39 is 12.0 Å². The van der Waals surface area contributed by atoms with Crippen molar-refractivity contribution in [2.45, 2.75) is 39.7 Å². The molecule has 0 amide bonds. The van der Waals surface area contributed by atoms with Gasteiger partial charge in [-0.05, 0) is 43.0 Å². The molecule has 0 aliphatic carbocycles. The van der Waals surface area contributed by atoms with Crippen LogP contribution in [0.25, 0.3) is 6.08 Å². The van der Waals surface area contributed by atoms with E-state index in [1.54, 1.807) is 18.6 Å². The predicted octanol–water partition coefficient (Wildman–Crippen LogP) is 3.95. The number of thiazole rings is 1. The Kier molecular flexibility index (Phi) is 8.41. The number of ether oxygens (including phenoxy) is 3. The molecule has 1 atom stereocenters. The molecule has 1 aliphatic heterocycles. The number of methoxy groups -OCH3 is 1. The molecule has 194 valence electrons. The van der Waals surface area contributed by atoms with E-state index in [0.717, 1.165) is 11.1 Å². The molecule has 4 rings (SSSR count). The fourth-order valence-corrected chi connectivity index (χ4v) is 5.32. The number of para-hydroxylation sites is 1. The van der Waals surface area contributed by atoms with Crippen LogP contribution in [0.3, 0.4) is 0 Å². The quantitative estimate of drug-likeness (QED) is 0.315. The third-order valence-corrected chi connectivity index (χ3v) is 7.17. The maximum atomic E-state index is 13.8. The largest absolute Gasteiger partial charge is 0.493 e. The first-order valence-electron chi connectivity index (χ1n) is 12.4. The molecule has 1 aromatic heterocycles. The Bertz CT molecular complexity index is 1480. The first-order valence-corrected chi connectivity index (χ1v) is 13.2. The molecule has 2 heterocycles. The van der Waals surface area contributed by atoms with Gasteiger partial charge in [0.05, 0.1) is 35.1 Å². The number of esters is 1. The molecule has 0 saturated heterocycles. The van der Waals surface area contributed by atoms with Crippen molar-refractivity contribution < 1.29 is 19.0 Å². The summed E-state index contributed by atoms with van der Waals surface area (Å²) in [7, 11) is 1.55. The van der Waals surface area contributed by atoms with Crippen LogP contribution in [0.4, 0.5) is 0 Å². The van der Waals surface area contributed by atoms with E-state index in [2.05, 4.69) is 18.8 Å². The van der Waals surface area contributed by atoms with Gasteiger partial charge in [-0.3, -0.25) is 9.36 Å². The maximum absolute atomic E-state index is 13.8. The molecule has 0 N–H and O–H groups in total. The second kappa shape index (κ2) is 11.7. The minimum atomic E-state index is -0.656. The lowest BCUT2D eigenvalue weighted by molar-refractivity contribution is -0.140. The topological polar surface area (TPSA) is 79.1 Å². The van der Waals surface area contributed by atoms with Crippen LogP contribution >= 0.6 is 11.3 Å². The van der Waals surface area contributed by atoms with Crippen LogP contribution < -0.4 is 19.6 Å².